The minimum absolute atomic E-state index is 0.852. The molecular formula is C17H19BrN2O. The second-order valence-corrected chi connectivity index (χ2v) is 6.24. The van der Waals surface area contributed by atoms with Crippen LogP contribution in [0.2, 0.25) is 0 Å². The Labute approximate surface area is 134 Å². The Morgan fingerprint density at radius 3 is 2.67 bits per heavy atom. The molecule has 2 aromatic rings. The van der Waals surface area contributed by atoms with Crippen LogP contribution in [0.1, 0.15) is 11.1 Å². The van der Waals surface area contributed by atoms with Crippen molar-refractivity contribution in [3.05, 3.63) is 52.0 Å². The number of anilines is 2. The summed E-state index contributed by atoms with van der Waals surface area (Å²) < 4.78 is 6.65. The molecule has 0 aromatic heterocycles. The number of methoxy groups -OCH3 is 1. The topological polar surface area (TPSA) is 15.7 Å². The van der Waals surface area contributed by atoms with Gasteiger partial charge in [-0.25, -0.2) is 0 Å². The lowest BCUT2D eigenvalue weighted by Gasteiger charge is -2.39. The molecule has 0 radical (unpaired) electrons. The minimum Gasteiger partial charge on any atom is -0.495 e. The zero-order valence-corrected chi connectivity index (χ0v) is 14.1. The number of fused-ring (bicyclic) bond motifs is 1. The Kier molecular flexibility index (Phi) is 3.81. The normalized spacial score (nSPS) is 14.1. The molecule has 0 aliphatic carbocycles. The van der Waals surface area contributed by atoms with Gasteiger partial charge in [-0.1, -0.05) is 34.1 Å². The van der Waals surface area contributed by atoms with Gasteiger partial charge in [-0.3, -0.25) is 0 Å². The number of hydrogen-bond acceptors (Lipinski definition) is 3. The van der Waals surface area contributed by atoms with Gasteiger partial charge in [0.2, 0.25) is 0 Å². The van der Waals surface area contributed by atoms with Crippen LogP contribution in [0.15, 0.2) is 40.9 Å². The molecule has 110 valence electrons. The van der Waals surface area contributed by atoms with Gasteiger partial charge in [0.05, 0.1) is 19.5 Å². The van der Waals surface area contributed by atoms with Crippen molar-refractivity contribution in [2.45, 2.75) is 13.5 Å². The number of ether oxygens (including phenoxy) is 1. The average molecular weight is 347 g/mol. The molecule has 0 saturated carbocycles. The maximum absolute atomic E-state index is 5.50. The summed E-state index contributed by atoms with van der Waals surface area (Å²) in [6.45, 7) is 3.90. The summed E-state index contributed by atoms with van der Waals surface area (Å²) in [5.41, 5.74) is 5.04. The summed E-state index contributed by atoms with van der Waals surface area (Å²) in [5, 5.41) is 0. The first kappa shape index (κ1) is 14.3. The fourth-order valence-corrected chi connectivity index (χ4v) is 3.33. The minimum atomic E-state index is 0.852. The summed E-state index contributed by atoms with van der Waals surface area (Å²) in [7, 11) is 3.84. The average Bonchev–Trinajstić information content (AvgIpc) is 2.49. The second-order valence-electron chi connectivity index (χ2n) is 5.39. The van der Waals surface area contributed by atoms with Crippen molar-refractivity contribution in [3.8, 4) is 5.75 Å². The van der Waals surface area contributed by atoms with Crippen molar-refractivity contribution in [2.75, 3.05) is 30.6 Å². The first-order chi connectivity index (χ1) is 10.1. The number of nitrogens with zero attached hydrogens (tertiary/aromatic N) is 2. The van der Waals surface area contributed by atoms with Crippen molar-refractivity contribution in [1.82, 2.24) is 0 Å². The molecular weight excluding hydrogens is 328 g/mol. The van der Waals surface area contributed by atoms with Crippen LogP contribution in [0, 0.1) is 6.92 Å². The Bertz CT molecular complexity index is 672. The van der Waals surface area contributed by atoms with Crippen molar-refractivity contribution in [3.63, 3.8) is 0 Å². The summed E-state index contributed by atoms with van der Waals surface area (Å²) in [5.74, 6) is 0.945. The van der Waals surface area contributed by atoms with Crippen molar-refractivity contribution in [1.29, 1.82) is 0 Å². The Morgan fingerprint density at radius 2 is 1.90 bits per heavy atom. The second kappa shape index (κ2) is 5.60. The van der Waals surface area contributed by atoms with Gasteiger partial charge in [0.1, 0.15) is 5.75 Å². The van der Waals surface area contributed by atoms with Crippen LogP contribution in [-0.2, 0) is 6.54 Å². The van der Waals surface area contributed by atoms with Crippen molar-refractivity contribution in [2.24, 2.45) is 0 Å². The van der Waals surface area contributed by atoms with E-state index in [0.717, 1.165) is 23.4 Å². The third-order valence-corrected chi connectivity index (χ3v) is 4.87. The first-order valence-electron chi connectivity index (χ1n) is 6.99. The van der Waals surface area contributed by atoms with Gasteiger partial charge in [0, 0.05) is 23.8 Å². The number of hydrogen-bond donors (Lipinski definition) is 0. The molecule has 0 amide bonds. The fourth-order valence-electron chi connectivity index (χ4n) is 2.98. The van der Waals surface area contributed by atoms with E-state index in [1.54, 1.807) is 7.11 Å². The van der Waals surface area contributed by atoms with Crippen molar-refractivity contribution >= 4 is 27.3 Å². The van der Waals surface area contributed by atoms with Gasteiger partial charge < -0.3 is 14.5 Å². The van der Waals surface area contributed by atoms with Crippen LogP contribution >= 0.6 is 15.9 Å². The van der Waals surface area contributed by atoms with Crippen LogP contribution < -0.4 is 14.5 Å². The highest BCUT2D eigenvalue weighted by atomic mass is 79.9. The molecule has 0 atom stereocenters. The maximum atomic E-state index is 5.50. The van der Waals surface area contributed by atoms with Gasteiger partial charge >= 0.3 is 0 Å². The van der Waals surface area contributed by atoms with E-state index in [2.05, 4.69) is 70.0 Å². The van der Waals surface area contributed by atoms with Crippen LogP contribution in [0.3, 0.4) is 0 Å². The maximum Gasteiger partial charge on any atom is 0.142 e. The molecule has 0 bridgehead atoms. The molecule has 2 aromatic carbocycles. The van der Waals surface area contributed by atoms with E-state index in [-0.39, 0.29) is 0 Å². The summed E-state index contributed by atoms with van der Waals surface area (Å²) in [4.78, 5) is 4.64. The Balaban J connectivity index is 2.01. The predicted octanol–water partition coefficient (Wildman–Crippen LogP) is 4.18. The molecule has 0 unspecified atom stereocenters. The number of benzene rings is 2. The summed E-state index contributed by atoms with van der Waals surface area (Å²) in [6.07, 6.45) is 0. The zero-order valence-electron chi connectivity index (χ0n) is 12.6. The molecule has 3 nitrogen and oxygen atoms in total. The van der Waals surface area contributed by atoms with Gasteiger partial charge in [0.25, 0.3) is 0 Å². The molecule has 1 aliphatic heterocycles. The van der Waals surface area contributed by atoms with Crippen LogP contribution in [0.4, 0.5) is 11.4 Å². The van der Waals surface area contributed by atoms with Gasteiger partial charge in [-0.15, -0.1) is 0 Å². The van der Waals surface area contributed by atoms with Crippen LogP contribution in [0.25, 0.3) is 0 Å². The van der Waals surface area contributed by atoms with E-state index >= 15 is 0 Å². The monoisotopic (exact) mass is 346 g/mol. The molecule has 0 spiro atoms. The summed E-state index contributed by atoms with van der Waals surface area (Å²) >= 11 is 3.62. The first-order valence-corrected chi connectivity index (χ1v) is 7.78. The number of para-hydroxylation sites is 1. The molecule has 1 aliphatic rings. The summed E-state index contributed by atoms with van der Waals surface area (Å²) in [6, 6.07) is 12.6. The number of halogens is 1. The lowest BCUT2D eigenvalue weighted by Crippen LogP contribution is -2.40. The van der Waals surface area contributed by atoms with Gasteiger partial charge in [-0.05, 0) is 36.2 Å². The SMILES string of the molecule is COc1cccc2c1N(C)CN(c1cccc(Br)c1C)C2. The Morgan fingerprint density at radius 1 is 1.14 bits per heavy atom. The third-order valence-electron chi connectivity index (χ3n) is 4.01. The van der Waals surface area contributed by atoms with E-state index in [4.69, 9.17) is 4.74 Å². The highest BCUT2D eigenvalue weighted by molar-refractivity contribution is 9.10. The molecule has 4 heteroatoms. The highest BCUT2D eigenvalue weighted by Crippen LogP contribution is 2.38. The Hall–Kier alpha value is -1.68. The fraction of sp³-hybridized carbons (Fsp3) is 0.294. The zero-order chi connectivity index (χ0) is 15.0. The molecule has 21 heavy (non-hydrogen) atoms. The molecule has 3 rings (SSSR count). The van der Waals surface area contributed by atoms with Gasteiger partial charge in [0.15, 0.2) is 0 Å². The van der Waals surface area contributed by atoms with E-state index in [1.807, 2.05) is 6.07 Å². The highest BCUT2D eigenvalue weighted by Gasteiger charge is 2.24. The standard InChI is InChI=1S/C17H19BrN2O/c1-12-14(18)7-5-8-15(12)20-10-13-6-4-9-16(21-3)17(13)19(2)11-20/h4-9H,10-11H2,1-3H3. The van der Waals surface area contributed by atoms with Crippen molar-refractivity contribution < 1.29 is 4.74 Å². The largest absolute Gasteiger partial charge is 0.495 e. The number of rotatable bonds is 2. The van der Waals surface area contributed by atoms with Crippen LogP contribution in [-0.4, -0.2) is 20.8 Å². The quantitative estimate of drug-likeness (QED) is 0.811. The predicted molar refractivity (Wildman–Crippen MR) is 91.3 cm³/mol. The van der Waals surface area contributed by atoms with Gasteiger partial charge in [-0.2, -0.15) is 0 Å². The molecule has 0 N–H and O–H groups in total. The molecule has 0 fully saturated rings. The lowest BCUT2D eigenvalue weighted by atomic mass is 10.1. The smallest absolute Gasteiger partial charge is 0.142 e. The van der Waals surface area contributed by atoms with E-state index in [9.17, 15) is 0 Å². The van der Waals surface area contributed by atoms with E-state index in [1.165, 1.54) is 22.5 Å². The molecule has 1 heterocycles. The van der Waals surface area contributed by atoms with E-state index in [0.29, 0.717) is 0 Å². The lowest BCUT2D eigenvalue weighted by molar-refractivity contribution is 0.413. The molecule has 0 saturated heterocycles. The third kappa shape index (κ3) is 2.48. The van der Waals surface area contributed by atoms with E-state index < -0.39 is 0 Å². The van der Waals surface area contributed by atoms with Crippen LogP contribution in [0.5, 0.6) is 5.75 Å².